The van der Waals surface area contributed by atoms with Crippen molar-refractivity contribution in [2.45, 2.75) is 33.1 Å². The zero-order chi connectivity index (χ0) is 12.6. The van der Waals surface area contributed by atoms with Gasteiger partial charge in [0, 0.05) is 16.7 Å². The number of nitrogens with two attached hydrogens (primary N) is 1. The summed E-state index contributed by atoms with van der Waals surface area (Å²) in [5.41, 5.74) is 8.33. The third-order valence-corrected chi connectivity index (χ3v) is 2.58. The maximum Gasteiger partial charge on any atom is 0.247 e. The van der Waals surface area contributed by atoms with E-state index in [1.54, 1.807) is 0 Å². The molecule has 0 saturated carbocycles. The number of nitrogens with zero attached hydrogens (tertiary/aromatic N) is 2. The smallest absolute Gasteiger partial charge is 0.247 e. The van der Waals surface area contributed by atoms with Crippen LogP contribution in [0.1, 0.15) is 32.2 Å². The third kappa shape index (κ3) is 2.30. The first-order valence-electron chi connectivity index (χ1n) is 5.58. The standard InChI is InChI=1S/C13H17N3O/c1-8-7-9(5-6-10(8)14)11-15-16-12(17-11)13(2,3)4/h5-7H,14H2,1-4H3. The van der Waals surface area contributed by atoms with Crippen LogP contribution >= 0.6 is 0 Å². The van der Waals surface area contributed by atoms with Gasteiger partial charge in [0.1, 0.15) is 0 Å². The zero-order valence-electron chi connectivity index (χ0n) is 10.6. The highest BCUT2D eigenvalue weighted by atomic mass is 16.4. The van der Waals surface area contributed by atoms with Crippen molar-refractivity contribution in [3.8, 4) is 11.5 Å². The van der Waals surface area contributed by atoms with E-state index in [9.17, 15) is 0 Å². The number of aromatic nitrogens is 2. The molecule has 2 rings (SSSR count). The molecule has 0 spiro atoms. The van der Waals surface area contributed by atoms with E-state index >= 15 is 0 Å². The van der Waals surface area contributed by atoms with Crippen molar-refractivity contribution in [1.29, 1.82) is 0 Å². The molecule has 1 aromatic carbocycles. The molecule has 0 unspecified atom stereocenters. The zero-order valence-corrected chi connectivity index (χ0v) is 10.6. The van der Waals surface area contributed by atoms with Crippen molar-refractivity contribution in [2.24, 2.45) is 0 Å². The van der Waals surface area contributed by atoms with Crippen molar-refractivity contribution in [3.63, 3.8) is 0 Å². The molecular weight excluding hydrogens is 214 g/mol. The molecule has 0 aliphatic rings. The lowest BCUT2D eigenvalue weighted by atomic mass is 9.97. The minimum atomic E-state index is -0.131. The molecule has 4 nitrogen and oxygen atoms in total. The molecule has 0 radical (unpaired) electrons. The summed E-state index contributed by atoms with van der Waals surface area (Å²) in [7, 11) is 0. The van der Waals surface area contributed by atoms with Gasteiger partial charge >= 0.3 is 0 Å². The maximum atomic E-state index is 5.77. The lowest BCUT2D eigenvalue weighted by Gasteiger charge is -2.11. The van der Waals surface area contributed by atoms with Gasteiger partial charge in [-0.2, -0.15) is 0 Å². The van der Waals surface area contributed by atoms with Crippen LogP contribution < -0.4 is 5.73 Å². The fraction of sp³-hybridized carbons (Fsp3) is 0.385. The van der Waals surface area contributed by atoms with Crippen LogP contribution in [-0.2, 0) is 5.41 Å². The highest BCUT2D eigenvalue weighted by Crippen LogP contribution is 2.26. The summed E-state index contributed by atoms with van der Waals surface area (Å²) < 4.78 is 5.67. The van der Waals surface area contributed by atoms with Gasteiger partial charge < -0.3 is 10.2 Å². The summed E-state index contributed by atoms with van der Waals surface area (Å²) in [6.45, 7) is 8.08. The summed E-state index contributed by atoms with van der Waals surface area (Å²) in [4.78, 5) is 0. The topological polar surface area (TPSA) is 64.9 Å². The van der Waals surface area contributed by atoms with Crippen LogP contribution in [0, 0.1) is 6.92 Å². The predicted octanol–water partition coefficient (Wildman–Crippen LogP) is 2.92. The van der Waals surface area contributed by atoms with Gasteiger partial charge in [-0.25, -0.2) is 0 Å². The van der Waals surface area contributed by atoms with Crippen LogP contribution in [0.2, 0.25) is 0 Å². The van der Waals surface area contributed by atoms with Gasteiger partial charge in [-0.1, -0.05) is 20.8 Å². The molecule has 0 amide bonds. The van der Waals surface area contributed by atoms with Gasteiger partial charge in [0.2, 0.25) is 11.8 Å². The van der Waals surface area contributed by atoms with E-state index in [1.807, 2.05) is 45.9 Å². The Balaban J connectivity index is 2.40. The Morgan fingerprint density at radius 2 is 1.88 bits per heavy atom. The minimum Gasteiger partial charge on any atom is -0.420 e. The third-order valence-electron chi connectivity index (χ3n) is 2.58. The average Bonchev–Trinajstić information content (AvgIpc) is 2.70. The summed E-state index contributed by atoms with van der Waals surface area (Å²) in [6.07, 6.45) is 0. The first-order chi connectivity index (χ1) is 7.88. The lowest BCUT2D eigenvalue weighted by molar-refractivity contribution is 0.399. The van der Waals surface area contributed by atoms with Crippen LogP contribution in [0.25, 0.3) is 11.5 Å². The lowest BCUT2D eigenvalue weighted by Crippen LogP contribution is -2.11. The van der Waals surface area contributed by atoms with Gasteiger partial charge in [0.15, 0.2) is 0 Å². The van der Waals surface area contributed by atoms with Crippen molar-refractivity contribution in [2.75, 3.05) is 5.73 Å². The first kappa shape index (κ1) is 11.6. The Kier molecular flexibility index (Phi) is 2.65. The van der Waals surface area contributed by atoms with Crippen LogP contribution in [0.4, 0.5) is 5.69 Å². The SMILES string of the molecule is Cc1cc(-c2nnc(C(C)(C)C)o2)ccc1N. The Morgan fingerprint density at radius 3 is 2.41 bits per heavy atom. The Morgan fingerprint density at radius 1 is 1.18 bits per heavy atom. The maximum absolute atomic E-state index is 5.77. The number of anilines is 1. The fourth-order valence-corrected chi connectivity index (χ4v) is 1.45. The van der Waals surface area contributed by atoms with Crippen LogP contribution in [0.5, 0.6) is 0 Å². The summed E-state index contributed by atoms with van der Waals surface area (Å²) in [5.74, 6) is 1.18. The van der Waals surface area contributed by atoms with Gasteiger partial charge in [-0.05, 0) is 30.7 Å². The van der Waals surface area contributed by atoms with Crippen molar-refractivity contribution in [1.82, 2.24) is 10.2 Å². The minimum absolute atomic E-state index is 0.131. The molecular formula is C13H17N3O. The van der Waals surface area contributed by atoms with Gasteiger partial charge in [-0.3, -0.25) is 0 Å². The molecule has 0 saturated heterocycles. The second-order valence-corrected chi connectivity index (χ2v) is 5.23. The Hall–Kier alpha value is -1.84. The molecule has 2 N–H and O–H groups in total. The monoisotopic (exact) mass is 231 g/mol. The molecule has 0 fully saturated rings. The number of nitrogen functional groups attached to an aromatic ring is 1. The summed E-state index contributed by atoms with van der Waals surface area (Å²) in [6, 6.07) is 5.70. The van der Waals surface area contributed by atoms with E-state index in [-0.39, 0.29) is 5.41 Å². The van der Waals surface area contributed by atoms with E-state index in [0.717, 1.165) is 16.8 Å². The van der Waals surface area contributed by atoms with Crippen molar-refractivity contribution in [3.05, 3.63) is 29.7 Å². The van der Waals surface area contributed by atoms with Crippen molar-refractivity contribution >= 4 is 5.69 Å². The largest absolute Gasteiger partial charge is 0.420 e. The predicted molar refractivity (Wildman–Crippen MR) is 67.6 cm³/mol. The van der Waals surface area contributed by atoms with Gasteiger partial charge in [0.25, 0.3) is 0 Å². The second kappa shape index (κ2) is 3.87. The highest BCUT2D eigenvalue weighted by molar-refractivity contribution is 5.60. The van der Waals surface area contributed by atoms with Crippen LogP contribution in [-0.4, -0.2) is 10.2 Å². The number of rotatable bonds is 1. The molecule has 90 valence electrons. The van der Waals surface area contributed by atoms with E-state index in [2.05, 4.69) is 10.2 Å². The van der Waals surface area contributed by atoms with Crippen LogP contribution in [0.3, 0.4) is 0 Å². The van der Waals surface area contributed by atoms with E-state index in [0.29, 0.717) is 11.8 Å². The molecule has 1 heterocycles. The van der Waals surface area contributed by atoms with Crippen LogP contribution in [0.15, 0.2) is 22.6 Å². The first-order valence-corrected chi connectivity index (χ1v) is 5.58. The molecule has 0 aliphatic heterocycles. The number of hydrogen-bond acceptors (Lipinski definition) is 4. The molecule has 1 aromatic heterocycles. The fourth-order valence-electron chi connectivity index (χ4n) is 1.45. The molecule has 4 heteroatoms. The number of aryl methyl sites for hydroxylation is 1. The number of benzene rings is 1. The molecule has 2 aromatic rings. The second-order valence-electron chi connectivity index (χ2n) is 5.23. The van der Waals surface area contributed by atoms with Crippen molar-refractivity contribution < 1.29 is 4.42 Å². The molecule has 0 aliphatic carbocycles. The molecule has 0 atom stereocenters. The summed E-state index contributed by atoms with van der Waals surface area (Å²) in [5, 5.41) is 8.13. The number of hydrogen-bond donors (Lipinski definition) is 1. The van der Waals surface area contributed by atoms with Gasteiger partial charge in [-0.15, -0.1) is 10.2 Å². The van der Waals surface area contributed by atoms with E-state index < -0.39 is 0 Å². The average molecular weight is 231 g/mol. The summed E-state index contributed by atoms with van der Waals surface area (Å²) >= 11 is 0. The van der Waals surface area contributed by atoms with Gasteiger partial charge in [0.05, 0.1) is 0 Å². The molecule has 17 heavy (non-hydrogen) atoms. The van der Waals surface area contributed by atoms with E-state index in [4.69, 9.17) is 10.2 Å². The normalized spacial score (nSPS) is 11.8. The highest BCUT2D eigenvalue weighted by Gasteiger charge is 2.21. The Labute approximate surface area is 101 Å². The Bertz CT molecular complexity index is 538. The molecule has 0 bridgehead atoms. The van der Waals surface area contributed by atoms with E-state index in [1.165, 1.54) is 0 Å². The quantitative estimate of drug-likeness (QED) is 0.766.